The van der Waals surface area contributed by atoms with Gasteiger partial charge in [-0.15, -0.1) is 0 Å². The summed E-state index contributed by atoms with van der Waals surface area (Å²) in [6.45, 7) is 4.55. The third-order valence-corrected chi connectivity index (χ3v) is 13.6. The van der Waals surface area contributed by atoms with Crippen LogP contribution in [-0.2, 0) is 20.2 Å². The van der Waals surface area contributed by atoms with E-state index in [0.717, 1.165) is 79.6 Å². The number of piperidine rings is 1. The molecule has 56 heavy (non-hydrogen) atoms. The SMILES string of the molecule is COC(=O)NC(C(=O)N1C2CCC(C2)C1c1nc2ccc(-c3ccc4c(c3)C(F)(F)C3=C4C=CC(c4cnc(C5CC6(CC6)CN5C=O)[nH]4)C3)cc2[nH]1)C(C)C. The van der Waals surface area contributed by atoms with Crippen molar-refractivity contribution < 1.29 is 27.9 Å². The quantitative estimate of drug-likeness (QED) is 0.158. The Labute approximate surface area is 323 Å². The van der Waals surface area contributed by atoms with Gasteiger partial charge in [0.15, 0.2) is 0 Å². The molecule has 4 heterocycles. The molecule has 2 aromatic heterocycles. The maximum atomic E-state index is 16.5. The van der Waals surface area contributed by atoms with Crippen LogP contribution in [0.15, 0.2) is 60.3 Å². The van der Waals surface area contributed by atoms with Gasteiger partial charge in [0.2, 0.25) is 12.3 Å². The van der Waals surface area contributed by atoms with Gasteiger partial charge in [-0.05, 0) is 103 Å². The van der Waals surface area contributed by atoms with Crippen molar-refractivity contribution in [1.29, 1.82) is 0 Å². The number of alkyl carbamates (subject to hydrolysis) is 1. The van der Waals surface area contributed by atoms with E-state index in [1.807, 2.05) is 60.1 Å². The molecule has 6 aliphatic rings. The van der Waals surface area contributed by atoms with E-state index in [0.29, 0.717) is 22.5 Å². The Morgan fingerprint density at radius 2 is 1.88 bits per heavy atom. The van der Waals surface area contributed by atoms with Crippen molar-refractivity contribution in [2.45, 2.75) is 94.8 Å². The number of aromatic nitrogens is 4. The number of nitrogens with one attached hydrogen (secondary N) is 3. The number of hydrogen-bond donors (Lipinski definition) is 3. The molecule has 13 heteroatoms. The molecular weight excluding hydrogens is 717 g/mol. The number of aromatic amines is 2. The first-order valence-electron chi connectivity index (χ1n) is 19.8. The van der Waals surface area contributed by atoms with E-state index in [1.165, 1.54) is 7.11 Å². The Balaban J connectivity index is 0.890. The van der Waals surface area contributed by atoms with Crippen LogP contribution in [0.2, 0.25) is 0 Å². The molecule has 4 aromatic rings. The van der Waals surface area contributed by atoms with E-state index in [1.54, 1.807) is 18.3 Å². The topological polar surface area (TPSA) is 136 Å². The van der Waals surface area contributed by atoms with Crippen LogP contribution in [-0.4, -0.2) is 73.9 Å². The van der Waals surface area contributed by atoms with E-state index in [4.69, 9.17) is 9.72 Å². The fourth-order valence-electron chi connectivity index (χ4n) is 10.4. The number of ether oxygens (including phenoxy) is 1. The van der Waals surface area contributed by atoms with Crippen molar-refractivity contribution in [3.8, 4) is 11.1 Å². The van der Waals surface area contributed by atoms with Crippen molar-refractivity contribution in [2.24, 2.45) is 17.3 Å². The number of methoxy groups -OCH3 is 1. The van der Waals surface area contributed by atoms with E-state index in [9.17, 15) is 14.4 Å². The van der Waals surface area contributed by atoms with Crippen LogP contribution in [0.25, 0.3) is 27.7 Å². The van der Waals surface area contributed by atoms with Gasteiger partial charge in [-0.2, -0.15) is 8.78 Å². The molecule has 11 nitrogen and oxygen atoms in total. The van der Waals surface area contributed by atoms with Crippen LogP contribution in [0.1, 0.15) is 105 Å². The minimum Gasteiger partial charge on any atom is -0.453 e. The second-order valence-electron chi connectivity index (χ2n) is 17.2. The lowest BCUT2D eigenvalue weighted by Gasteiger charge is -2.37. The second kappa shape index (κ2) is 12.6. The minimum absolute atomic E-state index is 0.000265. The maximum Gasteiger partial charge on any atom is 0.407 e. The van der Waals surface area contributed by atoms with Crippen molar-refractivity contribution in [3.05, 3.63) is 88.8 Å². The Morgan fingerprint density at radius 3 is 2.64 bits per heavy atom. The normalized spacial score (nSPS) is 27.0. The molecule has 4 fully saturated rings. The standard InChI is InChI=1S/C43H45F2N7O4/c1-22(2)36(50-41(55)56-3)40(54)52-27-8-4-26(14-27)37(52)39-47-32-11-7-24(17-33(32)48-39)23-5-9-28-29-10-6-25(16-31(29)43(44,45)30(28)15-23)34-19-46-38(49-34)35-18-42(12-13-42)20-51(35)21-53/h5-7,9-11,15,17,19,21-22,25-27,35-37H,4,8,12-14,16,18,20H2,1-3H3,(H,46,49)(H,47,48)(H,50,55). The second-order valence-corrected chi connectivity index (χ2v) is 17.2. The van der Waals surface area contributed by atoms with Crippen LogP contribution >= 0.6 is 0 Å². The molecule has 6 unspecified atom stereocenters. The summed E-state index contributed by atoms with van der Waals surface area (Å²) in [5, 5.41) is 2.74. The van der Waals surface area contributed by atoms with Crippen molar-refractivity contribution in [3.63, 3.8) is 0 Å². The molecule has 0 radical (unpaired) electrons. The molecule has 10 rings (SSSR count). The lowest BCUT2D eigenvalue weighted by molar-refractivity contribution is -0.139. The highest BCUT2D eigenvalue weighted by molar-refractivity contribution is 5.89. The number of hydrogen-bond acceptors (Lipinski definition) is 6. The number of nitrogens with zero attached hydrogens (tertiary/aromatic N) is 4. The fourth-order valence-corrected chi connectivity index (χ4v) is 10.4. The van der Waals surface area contributed by atoms with Crippen LogP contribution in [0.3, 0.4) is 0 Å². The number of alkyl halides is 2. The summed E-state index contributed by atoms with van der Waals surface area (Å²) in [4.78, 5) is 58.2. The van der Waals surface area contributed by atoms with Crippen molar-refractivity contribution in [2.75, 3.05) is 13.7 Å². The fraction of sp³-hybridized carbons (Fsp3) is 0.465. The average molecular weight is 762 g/mol. The van der Waals surface area contributed by atoms with E-state index in [2.05, 4.69) is 20.3 Å². The minimum atomic E-state index is -3.15. The van der Waals surface area contributed by atoms with Gasteiger partial charge >= 0.3 is 6.09 Å². The first kappa shape index (κ1) is 35.1. The molecule has 6 atom stereocenters. The maximum absolute atomic E-state index is 16.5. The molecule has 2 saturated carbocycles. The molecule has 4 aliphatic carbocycles. The van der Waals surface area contributed by atoms with Gasteiger partial charge in [0.25, 0.3) is 5.92 Å². The molecule has 2 bridgehead atoms. The molecule has 2 saturated heterocycles. The number of likely N-dealkylation sites (tertiary alicyclic amines) is 2. The monoisotopic (exact) mass is 761 g/mol. The lowest BCUT2D eigenvalue weighted by atomic mass is 9.87. The summed E-state index contributed by atoms with van der Waals surface area (Å²) in [7, 11) is 1.29. The third kappa shape index (κ3) is 5.43. The average Bonchev–Trinajstić information content (AvgIpc) is 3.85. The molecular formula is C43H45F2N7O4. The zero-order valence-electron chi connectivity index (χ0n) is 31.6. The van der Waals surface area contributed by atoms with Crippen molar-refractivity contribution in [1.82, 2.24) is 35.1 Å². The predicted octanol–water partition coefficient (Wildman–Crippen LogP) is 7.67. The number of rotatable bonds is 8. The number of fused-ring (bicyclic) bond motifs is 5. The van der Waals surface area contributed by atoms with Gasteiger partial charge in [0.1, 0.15) is 17.7 Å². The van der Waals surface area contributed by atoms with Gasteiger partial charge in [-0.1, -0.05) is 44.2 Å². The number of benzene rings is 2. The molecule has 290 valence electrons. The van der Waals surface area contributed by atoms with E-state index < -0.39 is 18.1 Å². The number of imidazole rings is 2. The molecule has 3 N–H and O–H groups in total. The Morgan fingerprint density at radius 1 is 1.07 bits per heavy atom. The highest BCUT2D eigenvalue weighted by Crippen LogP contribution is 2.58. The zero-order chi connectivity index (χ0) is 38.7. The Hall–Kier alpha value is -5.33. The number of carbonyl (C=O) groups is 3. The van der Waals surface area contributed by atoms with Crippen molar-refractivity contribution >= 4 is 35.0 Å². The molecule has 1 spiro atoms. The first-order valence-corrected chi connectivity index (χ1v) is 19.8. The Kier molecular flexibility index (Phi) is 7.89. The number of carbonyl (C=O) groups excluding carboxylic acids is 3. The summed E-state index contributed by atoms with van der Waals surface area (Å²) in [5.74, 6) is -2.06. The van der Waals surface area contributed by atoms with Gasteiger partial charge in [-0.25, -0.2) is 14.8 Å². The zero-order valence-corrected chi connectivity index (χ0v) is 31.6. The first-order chi connectivity index (χ1) is 27.0. The molecule has 2 aromatic carbocycles. The number of halogens is 2. The Bertz CT molecular complexity index is 2360. The van der Waals surface area contributed by atoms with Crippen LogP contribution < -0.4 is 5.32 Å². The van der Waals surface area contributed by atoms with Crippen LogP contribution in [0.4, 0.5) is 13.6 Å². The number of amides is 3. The van der Waals surface area contributed by atoms with Gasteiger partial charge in [0, 0.05) is 41.5 Å². The highest BCUT2D eigenvalue weighted by atomic mass is 19.3. The van der Waals surface area contributed by atoms with E-state index in [-0.39, 0.29) is 64.8 Å². The summed E-state index contributed by atoms with van der Waals surface area (Å²) in [5.41, 5.74) is 5.17. The molecule has 3 amide bonds. The summed E-state index contributed by atoms with van der Waals surface area (Å²) in [6, 6.07) is 10.0. The third-order valence-electron chi connectivity index (χ3n) is 13.6. The van der Waals surface area contributed by atoms with Gasteiger partial charge in [-0.3, -0.25) is 9.59 Å². The van der Waals surface area contributed by atoms with Crippen LogP contribution in [0, 0.1) is 17.3 Å². The number of H-pyrrole nitrogens is 2. The van der Waals surface area contributed by atoms with E-state index >= 15 is 8.78 Å². The largest absolute Gasteiger partial charge is 0.453 e. The summed E-state index contributed by atoms with van der Waals surface area (Å²) in [6.07, 6.45) is 11.9. The smallest absolute Gasteiger partial charge is 0.407 e. The predicted molar refractivity (Wildman–Crippen MR) is 204 cm³/mol. The van der Waals surface area contributed by atoms with Gasteiger partial charge in [0.05, 0.1) is 30.2 Å². The highest BCUT2D eigenvalue weighted by Gasteiger charge is 2.54. The summed E-state index contributed by atoms with van der Waals surface area (Å²) < 4.78 is 37.7. The van der Waals surface area contributed by atoms with Crippen LogP contribution in [0.5, 0.6) is 0 Å². The molecule has 2 aliphatic heterocycles. The lowest BCUT2D eigenvalue weighted by Crippen LogP contribution is -2.54. The summed E-state index contributed by atoms with van der Waals surface area (Å²) >= 11 is 0. The number of allylic oxidation sites excluding steroid dienone is 4. The van der Waals surface area contributed by atoms with Gasteiger partial charge < -0.3 is 29.8 Å².